The molecule has 1 saturated carbocycles. The van der Waals surface area contributed by atoms with Gasteiger partial charge < -0.3 is 9.64 Å². The van der Waals surface area contributed by atoms with Crippen LogP contribution in [0.5, 0.6) is 11.5 Å². The van der Waals surface area contributed by atoms with Gasteiger partial charge in [0.1, 0.15) is 17.3 Å². The fourth-order valence-electron chi connectivity index (χ4n) is 5.00. The zero-order valence-corrected chi connectivity index (χ0v) is 14.5. The monoisotopic (exact) mass is 333 g/mol. The molecule has 2 aromatic rings. The zero-order chi connectivity index (χ0) is 17.0. The SMILES string of the molecule is CN1CC2C(CCC(=O)C3c4ccccc4Oc4ccccc43)C2C1. The highest BCUT2D eigenvalue weighted by molar-refractivity contribution is 5.91. The summed E-state index contributed by atoms with van der Waals surface area (Å²) in [6.07, 6.45) is 1.72. The third kappa shape index (κ3) is 2.49. The number of para-hydroxylation sites is 2. The normalized spacial score (nSPS) is 27.2. The summed E-state index contributed by atoms with van der Waals surface area (Å²) in [6, 6.07) is 15.9. The highest BCUT2D eigenvalue weighted by Crippen LogP contribution is 2.54. The zero-order valence-electron chi connectivity index (χ0n) is 14.5. The summed E-state index contributed by atoms with van der Waals surface area (Å²) in [5, 5.41) is 0. The molecule has 25 heavy (non-hydrogen) atoms. The van der Waals surface area contributed by atoms with Crippen molar-refractivity contribution in [3.05, 3.63) is 59.7 Å². The Labute approximate surface area is 148 Å². The third-order valence-corrected chi connectivity index (χ3v) is 6.28. The maximum Gasteiger partial charge on any atom is 0.145 e. The number of carbonyl (C=O) groups is 1. The highest BCUT2D eigenvalue weighted by atomic mass is 16.5. The third-order valence-electron chi connectivity index (χ3n) is 6.28. The van der Waals surface area contributed by atoms with Gasteiger partial charge in [-0.15, -0.1) is 0 Å². The summed E-state index contributed by atoms with van der Waals surface area (Å²) in [4.78, 5) is 15.6. The number of ether oxygens (including phenoxy) is 1. The average molecular weight is 333 g/mol. The molecule has 2 aliphatic heterocycles. The van der Waals surface area contributed by atoms with Gasteiger partial charge in [0.2, 0.25) is 0 Å². The second-order valence-electron chi connectivity index (χ2n) is 7.83. The van der Waals surface area contributed by atoms with Crippen molar-refractivity contribution in [3.63, 3.8) is 0 Å². The Balaban J connectivity index is 1.37. The molecule has 128 valence electrons. The van der Waals surface area contributed by atoms with Crippen LogP contribution in [-0.2, 0) is 4.79 Å². The minimum absolute atomic E-state index is 0.178. The number of hydrogen-bond acceptors (Lipinski definition) is 3. The molecule has 3 nitrogen and oxygen atoms in total. The van der Waals surface area contributed by atoms with E-state index in [-0.39, 0.29) is 5.92 Å². The summed E-state index contributed by atoms with van der Waals surface area (Å²) >= 11 is 0. The van der Waals surface area contributed by atoms with Gasteiger partial charge in [0.05, 0.1) is 5.92 Å². The molecule has 5 rings (SSSR count). The molecule has 2 unspecified atom stereocenters. The molecule has 1 aliphatic carbocycles. The predicted octanol–water partition coefficient (Wildman–Crippen LogP) is 4.08. The minimum Gasteiger partial charge on any atom is -0.457 e. The molecule has 2 fully saturated rings. The van der Waals surface area contributed by atoms with Gasteiger partial charge in [-0.05, 0) is 43.4 Å². The molecule has 3 aliphatic rings. The van der Waals surface area contributed by atoms with Crippen LogP contribution in [0.15, 0.2) is 48.5 Å². The summed E-state index contributed by atoms with van der Waals surface area (Å²) in [7, 11) is 2.20. The van der Waals surface area contributed by atoms with E-state index < -0.39 is 0 Å². The van der Waals surface area contributed by atoms with Crippen LogP contribution in [-0.4, -0.2) is 30.8 Å². The molecule has 0 radical (unpaired) electrons. The van der Waals surface area contributed by atoms with Crippen molar-refractivity contribution < 1.29 is 9.53 Å². The molecule has 0 aromatic heterocycles. The lowest BCUT2D eigenvalue weighted by molar-refractivity contribution is -0.120. The summed E-state index contributed by atoms with van der Waals surface area (Å²) in [5.74, 6) is 4.25. The molecule has 2 heterocycles. The molecule has 0 amide bonds. The lowest BCUT2D eigenvalue weighted by Crippen LogP contribution is -2.21. The molecule has 2 aromatic carbocycles. The first kappa shape index (κ1) is 15.2. The van der Waals surface area contributed by atoms with E-state index in [1.165, 1.54) is 13.1 Å². The van der Waals surface area contributed by atoms with Crippen LogP contribution in [0.2, 0.25) is 0 Å². The van der Waals surface area contributed by atoms with E-state index in [1.807, 2.05) is 48.5 Å². The van der Waals surface area contributed by atoms with Crippen LogP contribution in [0.3, 0.4) is 0 Å². The number of benzene rings is 2. The number of ketones is 1. The Bertz CT molecular complexity index is 773. The number of likely N-dealkylation sites (tertiary alicyclic amines) is 1. The van der Waals surface area contributed by atoms with E-state index in [4.69, 9.17) is 4.74 Å². The Hall–Kier alpha value is -2.13. The molecule has 0 N–H and O–H groups in total. The van der Waals surface area contributed by atoms with Gasteiger partial charge in [-0.25, -0.2) is 0 Å². The van der Waals surface area contributed by atoms with Gasteiger partial charge in [-0.3, -0.25) is 4.79 Å². The molecule has 1 saturated heterocycles. The number of rotatable bonds is 4. The number of Topliss-reactive ketones (excluding diaryl/α,β-unsaturated/α-hetero) is 1. The lowest BCUT2D eigenvalue weighted by atomic mass is 9.83. The van der Waals surface area contributed by atoms with Gasteiger partial charge in [-0.2, -0.15) is 0 Å². The smallest absolute Gasteiger partial charge is 0.145 e. The van der Waals surface area contributed by atoms with Gasteiger partial charge in [-0.1, -0.05) is 36.4 Å². The predicted molar refractivity (Wildman–Crippen MR) is 97.0 cm³/mol. The van der Waals surface area contributed by atoms with Crippen LogP contribution in [0.4, 0.5) is 0 Å². The maximum absolute atomic E-state index is 13.2. The Morgan fingerprint density at radius 2 is 1.56 bits per heavy atom. The van der Waals surface area contributed by atoms with Crippen LogP contribution in [0.1, 0.15) is 29.9 Å². The molecule has 0 spiro atoms. The minimum atomic E-state index is -0.178. The standard InChI is InChI=1S/C22H23NO2/c1-23-12-17-14(18(17)13-23)10-11-19(24)22-15-6-2-4-8-20(15)25-21-9-5-3-7-16(21)22/h2-9,14,17-18,22H,10-13H2,1H3. The van der Waals surface area contributed by atoms with E-state index in [2.05, 4.69) is 11.9 Å². The van der Waals surface area contributed by atoms with Crippen molar-refractivity contribution >= 4 is 5.78 Å². The maximum atomic E-state index is 13.2. The van der Waals surface area contributed by atoms with Gasteiger partial charge in [0.15, 0.2) is 0 Å². The number of hydrogen-bond donors (Lipinski definition) is 0. The molecule has 3 heteroatoms. The van der Waals surface area contributed by atoms with Gasteiger partial charge >= 0.3 is 0 Å². The van der Waals surface area contributed by atoms with Crippen LogP contribution < -0.4 is 4.74 Å². The number of carbonyl (C=O) groups excluding carboxylic acids is 1. The van der Waals surface area contributed by atoms with Crippen molar-refractivity contribution in [2.45, 2.75) is 18.8 Å². The summed E-state index contributed by atoms with van der Waals surface area (Å²) in [6.45, 7) is 2.43. The van der Waals surface area contributed by atoms with Crippen molar-refractivity contribution in [1.29, 1.82) is 0 Å². The average Bonchev–Trinajstić information content (AvgIpc) is 3.10. The van der Waals surface area contributed by atoms with Crippen LogP contribution in [0, 0.1) is 17.8 Å². The number of nitrogens with zero attached hydrogens (tertiary/aromatic N) is 1. The highest BCUT2D eigenvalue weighted by Gasteiger charge is 2.54. The Morgan fingerprint density at radius 3 is 2.16 bits per heavy atom. The van der Waals surface area contributed by atoms with Crippen LogP contribution >= 0.6 is 0 Å². The second kappa shape index (κ2) is 5.70. The molecular weight excluding hydrogens is 310 g/mol. The first-order chi connectivity index (χ1) is 12.2. The van der Waals surface area contributed by atoms with Crippen molar-refractivity contribution in [2.24, 2.45) is 17.8 Å². The van der Waals surface area contributed by atoms with Gasteiger partial charge in [0.25, 0.3) is 0 Å². The van der Waals surface area contributed by atoms with Crippen molar-refractivity contribution in [2.75, 3.05) is 20.1 Å². The first-order valence-corrected chi connectivity index (χ1v) is 9.29. The largest absolute Gasteiger partial charge is 0.457 e. The van der Waals surface area contributed by atoms with Gasteiger partial charge in [0, 0.05) is 30.6 Å². The molecular formula is C22H23NO2. The van der Waals surface area contributed by atoms with Crippen molar-refractivity contribution in [3.8, 4) is 11.5 Å². The topological polar surface area (TPSA) is 29.5 Å². The molecule has 0 bridgehead atoms. The lowest BCUT2D eigenvalue weighted by Gasteiger charge is -2.27. The number of piperidine rings is 1. The van der Waals surface area contributed by atoms with E-state index >= 15 is 0 Å². The molecule has 2 atom stereocenters. The van der Waals surface area contributed by atoms with E-state index in [9.17, 15) is 4.79 Å². The van der Waals surface area contributed by atoms with Crippen LogP contribution in [0.25, 0.3) is 0 Å². The van der Waals surface area contributed by atoms with E-state index in [1.54, 1.807) is 0 Å². The first-order valence-electron chi connectivity index (χ1n) is 9.29. The number of fused-ring (bicyclic) bond motifs is 3. The Kier molecular flexibility index (Phi) is 3.46. The van der Waals surface area contributed by atoms with E-state index in [0.717, 1.165) is 46.8 Å². The summed E-state index contributed by atoms with van der Waals surface area (Å²) in [5.41, 5.74) is 2.03. The van der Waals surface area contributed by atoms with E-state index in [0.29, 0.717) is 12.2 Å². The Morgan fingerprint density at radius 1 is 1.00 bits per heavy atom. The quantitative estimate of drug-likeness (QED) is 0.844. The second-order valence-corrected chi connectivity index (χ2v) is 7.83. The fraction of sp³-hybridized carbons (Fsp3) is 0.409. The summed E-state index contributed by atoms with van der Waals surface area (Å²) < 4.78 is 6.01. The fourth-order valence-corrected chi connectivity index (χ4v) is 5.00. The van der Waals surface area contributed by atoms with Crippen molar-refractivity contribution in [1.82, 2.24) is 4.90 Å².